The molecular formula is C22H28N2O5S2. The summed E-state index contributed by atoms with van der Waals surface area (Å²) in [5, 5.41) is 0. The Morgan fingerprint density at radius 1 is 1.19 bits per heavy atom. The molecule has 3 rings (SSSR count). The predicted molar refractivity (Wildman–Crippen MR) is 122 cm³/mol. The van der Waals surface area contributed by atoms with E-state index in [2.05, 4.69) is 23.8 Å². The molecule has 31 heavy (non-hydrogen) atoms. The Morgan fingerprint density at radius 3 is 2.65 bits per heavy atom. The number of carbonyl (C=O) groups excluding carboxylic acids is 1. The zero-order chi connectivity index (χ0) is 22.3. The van der Waals surface area contributed by atoms with Gasteiger partial charge >= 0.3 is 0 Å². The second-order valence-corrected chi connectivity index (χ2v) is 10.0. The number of amides is 1. The third-order valence-corrected chi connectivity index (χ3v) is 7.53. The first-order valence-electron chi connectivity index (χ1n) is 10.1. The molecule has 2 aromatic rings. The minimum Gasteiger partial charge on any atom is -0.496 e. The normalized spacial score (nSPS) is 14.5. The summed E-state index contributed by atoms with van der Waals surface area (Å²) in [6, 6.07) is 12.5. The molecule has 0 aliphatic carbocycles. The van der Waals surface area contributed by atoms with Crippen molar-refractivity contribution in [1.82, 2.24) is 9.62 Å². The standard InChI is InChI=1S/C22H28N2O5S2/c1-17-5-3-4-6-18(17)16-30-14-9-23-31(26,27)19-7-8-21(28-2)20(15-19)22(25)24-10-12-29-13-11-24/h3-8,15,23H,9-14,16H2,1-2H3. The second kappa shape index (κ2) is 11.0. The molecule has 0 radical (unpaired) electrons. The summed E-state index contributed by atoms with van der Waals surface area (Å²) in [7, 11) is -2.28. The predicted octanol–water partition coefficient (Wildman–Crippen LogP) is 2.69. The van der Waals surface area contributed by atoms with E-state index in [-0.39, 0.29) is 16.4 Å². The fraction of sp³-hybridized carbons (Fsp3) is 0.409. The first-order valence-corrected chi connectivity index (χ1v) is 12.7. The molecule has 168 valence electrons. The Kier molecular flexibility index (Phi) is 8.36. The maximum Gasteiger partial charge on any atom is 0.257 e. The highest BCUT2D eigenvalue weighted by atomic mass is 32.2. The average Bonchev–Trinajstić information content (AvgIpc) is 2.79. The van der Waals surface area contributed by atoms with Gasteiger partial charge in [-0.25, -0.2) is 13.1 Å². The number of hydrogen-bond acceptors (Lipinski definition) is 6. The minimum atomic E-state index is -3.74. The molecule has 1 amide bonds. The molecule has 1 saturated heterocycles. The molecule has 0 atom stereocenters. The number of hydrogen-bond donors (Lipinski definition) is 1. The van der Waals surface area contributed by atoms with Gasteiger partial charge in [0.25, 0.3) is 5.91 Å². The number of morpholine rings is 1. The Morgan fingerprint density at radius 2 is 1.94 bits per heavy atom. The molecule has 1 aliphatic heterocycles. The lowest BCUT2D eigenvalue weighted by molar-refractivity contribution is 0.0300. The van der Waals surface area contributed by atoms with Crippen molar-refractivity contribution in [3.05, 3.63) is 59.2 Å². The van der Waals surface area contributed by atoms with Crippen LogP contribution >= 0.6 is 11.8 Å². The van der Waals surface area contributed by atoms with Gasteiger partial charge in [0.2, 0.25) is 10.0 Å². The molecular weight excluding hydrogens is 436 g/mol. The van der Waals surface area contributed by atoms with E-state index in [1.165, 1.54) is 36.4 Å². The van der Waals surface area contributed by atoms with Crippen LogP contribution in [0.1, 0.15) is 21.5 Å². The van der Waals surface area contributed by atoms with Crippen molar-refractivity contribution < 1.29 is 22.7 Å². The van der Waals surface area contributed by atoms with Gasteiger partial charge in [0.05, 0.1) is 30.8 Å². The van der Waals surface area contributed by atoms with Gasteiger partial charge in [0, 0.05) is 31.1 Å². The van der Waals surface area contributed by atoms with Crippen LogP contribution in [0.5, 0.6) is 5.75 Å². The molecule has 0 bridgehead atoms. The van der Waals surface area contributed by atoms with E-state index in [1.807, 2.05) is 12.1 Å². The SMILES string of the molecule is COc1ccc(S(=O)(=O)NCCSCc2ccccc2C)cc1C(=O)N1CCOCC1. The van der Waals surface area contributed by atoms with Crippen molar-refractivity contribution in [3.63, 3.8) is 0 Å². The second-order valence-electron chi connectivity index (χ2n) is 7.14. The number of ether oxygens (including phenoxy) is 2. The summed E-state index contributed by atoms with van der Waals surface area (Å²) in [6.45, 7) is 4.24. The van der Waals surface area contributed by atoms with Crippen molar-refractivity contribution in [3.8, 4) is 5.75 Å². The van der Waals surface area contributed by atoms with Crippen molar-refractivity contribution in [1.29, 1.82) is 0 Å². The lowest BCUT2D eigenvalue weighted by Gasteiger charge is -2.27. The first-order chi connectivity index (χ1) is 14.9. The van der Waals surface area contributed by atoms with Gasteiger partial charge in [-0.15, -0.1) is 0 Å². The Hall–Kier alpha value is -2.07. The summed E-state index contributed by atoms with van der Waals surface area (Å²) in [5.74, 6) is 1.56. The van der Waals surface area contributed by atoms with Crippen molar-refractivity contribution in [2.24, 2.45) is 0 Å². The lowest BCUT2D eigenvalue weighted by Crippen LogP contribution is -2.40. The summed E-state index contributed by atoms with van der Waals surface area (Å²) >= 11 is 1.67. The molecule has 2 aromatic carbocycles. The zero-order valence-electron chi connectivity index (χ0n) is 17.8. The van der Waals surface area contributed by atoms with Crippen LogP contribution in [0.15, 0.2) is 47.4 Å². The molecule has 0 spiro atoms. The minimum absolute atomic E-state index is 0.0498. The molecule has 1 N–H and O–H groups in total. The van der Waals surface area contributed by atoms with E-state index in [4.69, 9.17) is 9.47 Å². The van der Waals surface area contributed by atoms with Crippen molar-refractivity contribution >= 4 is 27.7 Å². The van der Waals surface area contributed by atoms with Crippen LogP contribution in [0.25, 0.3) is 0 Å². The topological polar surface area (TPSA) is 84.9 Å². The highest BCUT2D eigenvalue weighted by Crippen LogP contribution is 2.24. The van der Waals surface area contributed by atoms with Gasteiger partial charge in [-0.3, -0.25) is 4.79 Å². The highest BCUT2D eigenvalue weighted by molar-refractivity contribution is 7.98. The van der Waals surface area contributed by atoms with Crippen molar-refractivity contribution in [2.75, 3.05) is 45.7 Å². The van der Waals surface area contributed by atoms with E-state index < -0.39 is 10.0 Å². The smallest absolute Gasteiger partial charge is 0.257 e. The van der Waals surface area contributed by atoms with Gasteiger partial charge in [-0.1, -0.05) is 24.3 Å². The van der Waals surface area contributed by atoms with Crippen LogP contribution in [0.4, 0.5) is 0 Å². The van der Waals surface area contributed by atoms with E-state index in [0.29, 0.717) is 44.4 Å². The molecule has 7 nitrogen and oxygen atoms in total. The largest absolute Gasteiger partial charge is 0.496 e. The monoisotopic (exact) mass is 464 g/mol. The maximum atomic E-state index is 12.9. The molecule has 9 heteroatoms. The average molecular weight is 465 g/mol. The number of carbonyl (C=O) groups is 1. The quantitative estimate of drug-likeness (QED) is 0.575. The first kappa shape index (κ1) is 23.6. The fourth-order valence-electron chi connectivity index (χ4n) is 3.24. The lowest BCUT2D eigenvalue weighted by atomic mass is 10.1. The van der Waals surface area contributed by atoms with Crippen LogP contribution < -0.4 is 9.46 Å². The van der Waals surface area contributed by atoms with Gasteiger partial charge in [-0.05, 0) is 36.2 Å². The van der Waals surface area contributed by atoms with E-state index in [9.17, 15) is 13.2 Å². The summed E-state index contributed by atoms with van der Waals surface area (Å²) < 4.78 is 38.7. The van der Waals surface area contributed by atoms with Crippen LogP contribution in [-0.4, -0.2) is 64.9 Å². The Labute approximate surface area is 188 Å². The van der Waals surface area contributed by atoms with Crippen LogP contribution in [0, 0.1) is 6.92 Å². The molecule has 0 unspecified atom stereocenters. The maximum absolute atomic E-state index is 12.9. The third-order valence-electron chi connectivity index (χ3n) is 5.07. The number of rotatable bonds is 9. The number of thioether (sulfide) groups is 1. The van der Waals surface area contributed by atoms with E-state index in [1.54, 1.807) is 16.7 Å². The number of nitrogens with zero attached hydrogens (tertiary/aromatic N) is 1. The number of aryl methyl sites for hydroxylation is 1. The van der Waals surface area contributed by atoms with Crippen LogP contribution in [0.2, 0.25) is 0 Å². The zero-order valence-corrected chi connectivity index (χ0v) is 19.4. The summed E-state index contributed by atoms with van der Waals surface area (Å²) in [6.07, 6.45) is 0. The third kappa shape index (κ3) is 6.22. The van der Waals surface area contributed by atoms with Crippen molar-refractivity contribution in [2.45, 2.75) is 17.6 Å². The molecule has 0 saturated carbocycles. The molecule has 1 fully saturated rings. The molecule has 1 heterocycles. The van der Waals surface area contributed by atoms with Gasteiger partial charge in [0.15, 0.2) is 0 Å². The molecule has 1 aliphatic rings. The van der Waals surface area contributed by atoms with E-state index in [0.717, 1.165) is 5.75 Å². The van der Waals surface area contributed by atoms with Crippen LogP contribution in [0.3, 0.4) is 0 Å². The van der Waals surface area contributed by atoms with E-state index >= 15 is 0 Å². The van der Waals surface area contributed by atoms with Crippen LogP contribution in [-0.2, 0) is 20.5 Å². The Bertz CT molecular complexity index is 1000. The highest BCUT2D eigenvalue weighted by Gasteiger charge is 2.24. The fourth-order valence-corrected chi connectivity index (χ4v) is 5.37. The van der Waals surface area contributed by atoms with Gasteiger partial charge in [0.1, 0.15) is 5.75 Å². The number of nitrogens with one attached hydrogen (secondary N) is 1. The summed E-state index contributed by atoms with van der Waals surface area (Å²) in [5.41, 5.74) is 2.71. The van der Waals surface area contributed by atoms with Gasteiger partial charge in [-0.2, -0.15) is 11.8 Å². The number of methoxy groups -OCH3 is 1. The number of sulfonamides is 1. The summed E-state index contributed by atoms with van der Waals surface area (Å²) in [4.78, 5) is 14.6. The molecule has 0 aromatic heterocycles. The Balaban J connectivity index is 1.62. The van der Waals surface area contributed by atoms with Gasteiger partial charge < -0.3 is 14.4 Å². The number of benzene rings is 2.